The largest absolute Gasteiger partial charge is 0.432 e. The molecule has 0 aliphatic heterocycles. The van der Waals surface area contributed by atoms with Crippen molar-refractivity contribution in [3.63, 3.8) is 0 Å². The summed E-state index contributed by atoms with van der Waals surface area (Å²) < 4.78 is 35.7. The number of nitrogens with one attached hydrogen (secondary N) is 1. The fourth-order valence-corrected chi connectivity index (χ4v) is 1.01. The molecule has 0 unspecified atom stereocenters. The fourth-order valence-electron chi connectivity index (χ4n) is 0.585. The lowest BCUT2D eigenvalue weighted by molar-refractivity contribution is -0.142. The summed E-state index contributed by atoms with van der Waals surface area (Å²) >= 11 is 2.61. The molecule has 0 atom stereocenters. The number of aromatic amines is 1. The molecule has 1 rings (SSSR count). The maximum atomic E-state index is 12.0. The molecule has 0 radical (unpaired) electrons. The van der Waals surface area contributed by atoms with Crippen LogP contribution in [0, 0.1) is 0 Å². The Hall–Kier alpha value is -0.850. The minimum atomic E-state index is -4.57. The highest BCUT2D eigenvalue weighted by atomic mass is 79.9. The van der Waals surface area contributed by atoms with E-state index in [1.165, 1.54) is 0 Å². The molecule has 1 aromatic heterocycles. The quantitative estimate of drug-likeness (QED) is 0.751. The second-order valence-corrected chi connectivity index (χ2v) is 2.76. The second-order valence-electron chi connectivity index (χ2n) is 1.91. The van der Waals surface area contributed by atoms with E-state index in [4.69, 9.17) is 0 Å². The summed E-state index contributed by atoms with van der Waals surface area (Å²) in [7, 11) is 0. The van der Waals surface area contributed by atoms with Gasteiger partial charge in [-0.2, -0.15) is 13.2 Å². The molecule has 12 heavy (non-hydrogen) atoms. The highest BCUT2D eigenvalue weighted by Crippen LogP contribution is 2.31. The van der Waals surface area contributed by atoms with Gasteiger partial charge < -0.3 is 4.98 Å². The van der Waals surface area contributed by atoms with Crippen LogP contribution in [0.25, 0.3) is 0 Å². The minimum absolute atomic E-state index is 0.283. The zero-order chi connectivity index (χ0) is 9.35. The van der Waals surface area contributed by atoms with Crippen molar-refractivity contribution in [1.82, 2.24) is 9.97 Å². The topological polar surface area (TPSA) is 45.8 Å². The van der Waals surface area contributed by atoms with Crippen molar-refractivity contribution >= 4 is 15.9 Å². The van der Waals surface area contributed by atoms with Crippen LogP contribution in [0.15, 0.2) is 15.5 Å². The van der Waals surface area contributed by atoms with E-state index >= 15 is 0 Å². The van der Waals surface area contributed by atoms with Gasteiger partial charge in [-0.15, -0.1) is 0 Å². The van der Waals surface area contributed by atoms with Gasteiger partial charge in [0, 0.05) is 6.20 Å². The first kappa shape index (κ1) is 9.24. The first-order valence-corrected chi connectivity index (χ1v) is 3.52. The number of nitrogens with zero attached hydrogens (tertiary/aromatic N) is 1. The van der Waals surface area contributed by atoms with Crippen LogP contribution >= 0.6 is 15.9 Å². The molecule has 0 aliphatic carbocycles. The number of alkyl halides is 3. The van der Waals surface area contributed by atoms with Gasteiger partial charge in [0.15, 0.2) is 0 Å². The third-order valence-electron chi connectivity index (χ3n) is 1.05. The number of H-pyrrole nitrogens is 1. The van der Waals surface area contributed by atoms with Gasteiger partial charge in [-0.25, -0.2) is 9.78 Å². The van der Waals surface area contributed by atoms with E-state index in [1.807, 2.05) is 0 Å². The predicted molar refractivity (Wildman–Crippen MR) is 37.6 cm³/mol. The van der Waals surface area contributed by atoms with Gasteiger partial charge in [0.1, 0.15) is 5.69 Å². The van der Waals surface area contributed by atoms with Crippen molar-refractivity contribution in [2.24, 2.45) is 0 Å². The third-order valence-corrected chi connectivity index (χ3v) is 1.65. The van der Waals surface area contributed by atoms with Gasteiger partial charge in [-0.3, -0.25) is 0 Å². The lowest BCUT2D eigenvalue weighted by Crippen LogP contribution is -2.18. The minimum Gasteiger partial charge on any atom is -0.301 e. The van der Waals surface area contributed by atoms with Crippen molar-refractivity contribution in [3.05, 3.63) is 26.8 Å². The van der Waals surface area contributed by atoms with Gasteiger partial charge in [0.25, 0.3) is 0 Å². The number of aromatic nitrogens is 2. The van der Waals surface area contributed by atoms with Crippen LogP contribution in [0.4, 0.5) is 13.2 Å². The molecule has 1 N–H and O–H groups in total. The zero-order valence-electron chi connectivity index (χ0n) is 5.44. The Kier molecular flexibility index (Phi) is 2.22. The van der Waals surface area contributed by atoms with Gasteiger partial charge >= 0.3 is 11.9 Å². The highest BCUT2D eigenvalue weighted by Gasteiger charge is 2.34. The Balaban J connectivity index is 3.33. The van der Waals surface area contributed by atoms with E-state index < -0.39 is 17.6 Å². The second kappa shape index (κ2) is 2.89. The van der Waals surface area contributed by atoms with Crippen molar-refractivity contribution in [3.8, 4) is 0 Å². The molecular formula is C5H2BrF3N2O. The Morgan fingerprint density at radius 1 is 1.50 bits per heavy atom. The van der Waals surface area contributed by atoms with Crippen LogP contribution in [0.3, 0.4) is 0 Å². The predicted octanol–water partition coefficient (Wildman–Crippen LogP) is 1.55. The Bertz CT molecular complexity index is 345. The van der Waals surface area contributed by atoms with E-state index in [2.05, 4.69) is 20.9 Å². The summed E-state index contributed by atoms with van der Waals surface area (Å²) in [5.74, 6) is 0. The normalized spacial score (nSPS) is 11.7. The van der Waals surface area contributed by atoms with Crippen molar-refractivity contribution in [2.45, 2.75) is 6.18 Å². The molecule has 0 saturated heterocycles. The molecule has 0 amide bonds. The molecule has 0 saturated carbocycles. The first-order chi connectivity index (χ1) is 5.41. The van der Waals surface area contributed by atoms with Gasteiger partial charge in [0.05, 0.1) is 4.47 Å². The van der Waals surface area contributed by atoms with Crippen molar-refractivity contribution in [1.29, 1.82) is 0 Å². The highest BCUT2D eigenvalue weighted by molar-refractivity contribution is 9.10. The molecule has 1 aromatic rings. The van der Waals surface area contributed by atoms with Crippen LogP contribution in [-0.4, -0.2) is 9.97 Å². The Morgan fingerprint density at radius 2 is 2.08 bits per heavy atom. The molecule has 0 spiro atoms. The fraction of sp³-hybridized carbons (Fsp3) is 0.200. The summed E-state index contributed by atoms with van der Waals surface area (Å²) in [4.78, 5) is 15.1. The summed E-state index contributed by atoms with van der Waals surface area (Å²) in [6.07, 6.45) is -3.76. The van der Waals surface area contributed by atoms with Crippen LogP contribution in [0.2, 0.25) is 0 Å². The average molecular weight is 243 g/mol. The molecule has 0 aromatic carbocycles. The maximum Gasteiger partial charge on any atom is 0.432 e. The number of hydrogen-bond acceptors (Lipinski definition) is 2. The molecule has 1 heterocycles. The van der Waals surface area contributed by atoms with Crippen molar-refractivity contribution in [2.75, 3.05) is 0 Å². The summed E-state index contributed by atoms with van der Waals surface area (Å²) in [6, 6.07) is 0. The number of hydrogen-bond donors (Lipinski definition) is 1. The SMILES string of the molecule is O=c1ncc(Br)c(C(F)(F)F)[nH]1. The molecule has 0 fully saturated rings. The lowest BCUT2D eigenvalue weighted by Gasteiger charge is -2.06. The smallest absolute Gasteiger partial charge is 0.301 e. The van der Waals surface area contributed by atoms with Crippen molar-refractivity contribution < 1.29 is 13.2 Å². The van der Waals surface area contributed by atoms with E-state index in [1.54, 1.807) is 4.98 Å². The van der Waals surface area contributed by atoms with Gasteiger partial charge in [-0.1, -0.05) is 0 Å². The van der Waals surface area contributed by atoms with E-state index in [0.717, 1.165) is 6.20 Å². The first-order valence-electron chi connectivity index (χ1n) is 2.73. The van der Waals surface area contributed by atoms with Crippen LogP contribution in [0.1, 0.15) is 5.69 Å². The molecular weight excluding hydrogens is 241 g/mol. The molecule has 7 heteroatoms. The molecule has 0 bridgehead atoms. The zero-order valence-corrected chi connectivity index (χ0v) is 7.03. The molecule has 3 nitrogen and oxygen atoms in total. The van der Waals surface area contributed by atoms with E-state index in [0.29, 0.717) is 0 Å². The standard InChI is InChI=1S/C5H2BrF3N2O/c6-2-1-10-4(12)11-3(2)5(7,8)9/h1H,(H,10,11,12). The van der Waals surface area contributed by atoms with E-state index in [9.17, 15) is 18.0 Å². The summed E-state index contributed by atoms with van der Waals surface area (Å²) in [5.41, 5.74) is -2.15. The number of rotatable bonds is 0. The molecule has 66 valence electrons. The Morgan fingerprint density at radius 3 is 2.50 bits per heavy atom. The lowest BCUT2D eigenvalue weighted by atomic mass is 10.4. The monoisotopic (exact) mass is 242 g/mol. The Labute approximate surface area is 72.8 Å². The van der Waals surface area contributed by atoms with Crippen LogP contribution in [-0.2, 0) is 6.18 Å². The van der Waals surface area contributed by atoms with Gasteiger partial charge in [0.2, 0.25) is 0 Å². The van der Waals surface area contributed by atoms with E-state index in [-0.39, 0.29) is 4.47 Å². The van der Waals surface area contributed by atoms with Gasteiger partial charge in [-0.05, 0) is 15.9 Å². The summed E-state index contributed by atoms with van der Waals surface area (Å²) in [6.45, 7) is 0. The summed E-state index contributed by atoms with van der Waals surface area (Å²) in [5, 5.41) is 0. The van der Waals surface area contributed by atoms with Crippen LogP contribution in [0.5, 0.6) is 0 Å². The maximum absolute atomic E-state index is 12.0. The molecule has 0 aliphatic rings. The number of halogens is 4. The average Bonchev–Trinajstić information content (AvgIpc) is 1.92. The third kappa shape index (κ3) is 1.84. The van der Waals surface area contributed by atoms with Crippen LogP contribution < -0.4 is 5.69 Å².